The van der Waals surface area contributed by atoms with E-state index < -0.39 is 5.60 Å². The molecule has 172 valence electrons. The molecule has 32 heavy (non-hydrogen) atoms. The lowest BCUT2D eigenvalue weighted by atomic mass is 9.98. The Morgan fingerprint density at radius 2 is 2.00 bits per heavy atom. The van der Waals surface area contributed by atoms with Crippen molar-refractivity contribution < 1.29 is 18.9 Å². The predicted molar refractivity (Wildman–Crippen MR) is 117 cm³/mol. The standard InChI is InChI=1S/C21H29N7O4/c1-5-28-17-14(24-19(28)16-18(22)26-32-25-16)10-23-11-15(17)30-12-13-6-8-27(9-7-13)20(29)31-21(2,3)4/h10-11,13H,5-9,12H2,1-4H3,(H2,22,26). The number of amides is 1. The van der Waals surface area contributed by atoms with Crippen molar-refractivity contribution in [3.63, 3.8) is 0 Å². The molecule has 1 aliphatic rings. The Morgan fingerprint density at radius 1 is 1.25 bits per heavy atom. The number of pyridine rings is 1. The second kappa shape index (κ2) is 8.64. The van der Waals surface area contributed by atoms with Gasteiger partial charge in [-0.3, -0.25) is 4.98 Å². The Kier molecular flexibility index (Phi) is 5.90. The maximum atomic E-state index is 12.3. The summed E-state index contributed by atoms with van der Waals surface area (Å²) in [5.41, 5.74) is 7.28. The molecule has 1 fully saturated rings. The molecule has 4 heterocycles. The summed E-state index contributed by atoms with van der Waals surface area (Å²) in [4.78, 5) is 22.9. The van der Waals surface area contributed by atoms with Crippen LogP contribution in [0.25, 0.3) is 22.6 Å². The summed E-state index contributed by atoms with van der Waals surface area (Å²) in [5.74, 6) is 1.72. The number of nitrogen functional groups attached to an aromatic ring is 1. The molecule has 0 spiro atoms. The molecule has 0 radical (unpaired) electrons. The van der Waals surface area contributed by atoms with Crippen LogP contribution in [0.1, 0.15) is 40.5 Å². The van der Waals surface area contributed by atoms with Crippen LogP contribution in [0.15, 0.2) is 17.0 Å². The molecule has 0 saturated carbocycles. The van der Waals surface area contributed by atoms with Gasteiger partial charge in [-0.05, 0) is 56.8 Å². The highest BCUT2D eigenvalue weighted by Gasteiger charge is 2.27. The number of ether oxygens (including phenoxy) is 2. The van der Waals surface area contributed by atoms with E-state index in [0.717, 1.165) is 18.4 Å². The van der Waals surface area contributed by atoms with Gasteiger partial charge in [0, 0.05) is 19.6 Å². The highest BCUT2D eigenvalue weighted by Crippen LogP contribution is 2.32. The minimum absolute atomic E-state index is 0.183. The number of piperidine rings is 1. The maximum Gasteiger partial charge on any atom is 0.410 e. The SMILES string of the molecule is CCn1c(-c2nonc2N)nc2cncc(OCC3CCN(C(=O)OC(C)(C)C)CC3)c21. The van der Waals surface area contributed by atoms with Gasteiger partial charge in [-0.2, -0.15) is 0 Å². The van der Waals surface area contributed by atoms with Crippen molar-refractivity contribution >= 4 is 22.9 Å². The lowest BCUT2D eigenvalue weighted by molar-refractivity contribution is 0.0165. The largest absolute Gasteiger partial charge is 0.489 e. The molecule has 0 aliphatic carbocycles. The first-order chi connectivity index (χ1) is 15.3. The van der Waals surface area contributed by atoms with E-state index in [1.807, 2.05) is 32.3 Å². The second-order valence-electron chi connectivity index (χ2n) is 8.90. The fraction of sp³-hybridized carbons (Fsp3) is 0.571. The number of imidazole rings is 1. The van der Waals surface area contributed by atoms with Gasteiger partial charge in [0.25, 0.3) is 0 Å². The van der Waals surface area contributed by atoms with Crippen LogP contribution >= 0.6 is 0 Å². The molecule has 0 atom stereocenters. The van der Waals surface area contributed by atoms with E-state index in [1.165, 1.54) is 0 Å². The molecule has 3 aromatic heterocycles. The van der Waals surface area contributed by atoms with Crippen LogP contribution in [0.2, 0.25) is 0 Å². The van der Waals surface area contributed by atoms with Gasteiger partial charge in [0.2, 0.25) is 0 Å². The quantitative estimate of drug-likeness (QED) is 0.631. The van der Waals surface area contributed by atoms with Crippen molar-refractivity contribution in [1.82, 2.24) is 29.7 Å². The van der Waals surface area contributed by atoms with Crippen molar-refractivity contribution in [3.05, 3.63) is 12.4 Å². The summed E-state index contributed by atoms with van der Waals surface area (Å²) >= 11 is 0. The van der Waals surface area contributed by atoms with Crippen LogP contribution in [0.5, 0.6) is 5.75 Å². The van der Waals surface area contributed by atoms with Gasteiger partial charge in [-0.1, -0.05) is 0 Å². The van der Waals surface area contributed by atoms with Crippen molar-refractivity contribution in [3.8, 4) is 17.3 Å². The first kappa shape index (κ1) is 21.8. The number of anilines is 1. The van der Waals surface area contributed by atoms with E-state index in [2.05, 4.69) is 20.3 Å². The zero-order chi connectivity index (χ0) is 22.9. The number of hydrogen-bond donors (Lipinski definition) is 1. The Bertz CT molecular complexity index is 1090. The molecule has 11 heteroatoms. The van der Waals surface area contributed by atoms with Gasteiger partial charge < -0.3 is 24.7 Å². The Labute approximate surface area is 185 Å². The zero-order valence-electron chi connectivity index (χ0n) is 18.9. The van der Waals surface area contributed by atoms with E-state index in [4.69, 9.17) is 19.8 Å². The first-order valence-corrected chi connectivity index (χ1v) is 10.8. The summed E-state index contributed by atoms with van der Waals surface area (Å²) in [6.45, 7) is 10.1. The summed E-state index contributed by atoms with van der Waals surface area (Å²) in [6, 6.07) is 0. The second-order valence-corrected chi connectivity index (χ2v) is 8.90. The normalized spacial score (nSPS) is 15.3. The lowest BCUT2D eigenvalue weighted by Crippen LogP contribution is -2.42. The number of hydrogen-bond acceptors (Lipinski definition) is 9. The minimum atomic E-state index is -0.490. The van der Waals surface area contributed by atoms with Crippen molar-refractivity contribution in [2.75, 3.05) is 25.4 Å². The van der Waals surface area contributed by atoms with Crippen molar-refractivity contribution in [2.45, 2.75) is 52.7 Å². The molecule has 2 N–H and O–H groups in total. The highest BCUT2D eigenvalue weighted by molar-refractivity contribution is 5.85. The molecule has 4 rings (SSSR count). The molecule has 1 aliphatic heterocycles. The van der Waals surface area contributed by atoms with Crippen LogP contribution in [-0.2, 0) is 11.3 Å². The molecule has 0 bridgehead atoms. The highest BCUT2D eigenvalue weighted by atomic mass is 16.6. The molecule has 1 saturated heterocycles. The van der Waals surface area contributed by atoms with Gasteiger partial charge in [-0.15, -0.1) is 0 Å². The van der Waals surface area contributed by atoms with Crippen molar-refractivity contribution in [2.24, 2.45) is 5.92 Å². The third-order valence-corrected chi connectivity index (χ3v) is 5.40. The number of carbonyl (C=O) groups is 1. The topological polar surface area (TPSA) is 134 Å². The third kappa shape index (κ3) is 4.46. The Balaban J connectivity index is 1.45. The third-order valence-electron chi connectivity index (χ3n) is 5.40. The molecule has 3 aromatic rings. The van der Waals surface area contributed by atoms with E-state index in [0.29, 0.717) is 54.9 Å². The first-order valence-electron chi connectivity index (χ1n) is 10.8. The molecule has 1 amide bonds. The maximum absolute atomic E-state index is 12.3. The van der Waals surface area contributed by atoms with Gasteiger partial charge in [0.1, 0.15) is 16.6 Å². The van der Waals surface area contributed by atoms with E-state index >= 15 is 0 Å². The number of likely N-dealkylation sites (tertiary alicyclic amines) is 1. The lowest BCUT2D eigenvalue weighted by Gasteiger charge is -2.33. The fourth-order valence-electron chi connectivity index (χ4n) is 3.82. The Morgan fingerprint density at radius 3 is 2.62 bits per heavy atom. The molecule has 11 nitrogen and oxygen atoms in total. The van der Waals surface area contributed by atoms with Crippen LogP contribution < -0.4 is 10.5 Å². The zero-order valence-corrected chi connectivity index (χ0v) is 18.9. The molecule has 0 aromatic carbocycles. The summed E-state index contributed by atoms with van der Waals surface area (Å²) in [6.07, 6.45) is 4.82. The average molecular weight is 444 g/mol. The van der Waals surface area contributed by atoms with Crippen LogP contribution in [-0.4, -0.2) is 61.1 Å². The monoisotopic (exact) mass is 443 g/mol. The van der Waals surface area contributed by atoms with Crippen LogP contribution in [0, 0.1) is 5.92 Å². The van der Waals surface area contributed by atoms with Gasteiger partial charge >= 0.3 is 6.09 Å². The fourth-order valence-corrected chi connectivity index (χ4v) is 3.82. The number of nitrogens with two attached hydrogens (primary N) is 1. The molecular weight excluding hydrogens is 414 g/mol. The predicted octanol–water partition coefficient (Wildman–Crippen LogP) is 3.11. The van der Waals surface area contributed by atoms with Gasteiger partial charge in [0.05, 0.1) is 19.0 Å². The summed E-state index contributed by atoms with van der Waals surface area (Å²) in [7, 11) is 0. The number of fused-ring (bicyclic) bond motifs is 1. The van der Waals surface area contributed by atoms with E-state index in [9.17, 15) is 4.79 Å². The van der Waals surface area contributed by atoms with Crippen LogP contribution in [0.4, 0.5) is 10.6 Å². The molecular formula is C21H29N7O4. The Hall–Kier alpha value is -3.37. The number of carbonyl (C=O) groups excluding carboxylic acids is 1. The van der Waals surface area contributed by atoms with Crippen LogP contribution in [0.3, 0.4) is 0 Å². The van der Waals surface area contributed by atoms with Gasteiger partial charge in [-0.25, -0.2) is 14.4 Å². The number of rotatable bonds is 5. The number of aromatic nitrogens is 5. The van der Waals surface area contributed by atoms with E-state index in [-0.39, 0.29) is 11.9 Å². The minimum Gasteiger partial charge on any atom is -0.489 e. The summed E-state index contributed by atoms with van der Waals surface area (Å²) in [5, 5.41) is 7.54. The van der Waals surface area contributed by atoms with Gasteiger partial charge in [0.15, 0.2) is 23.1 Å². The summed E-state index contributed by atoms with van der Waals surface area (Å²) < 4.78 is 18.4. The number of aryl methyl sites for hydroxylation is 1. The average Bonchev–Trinajstić information content (AvgIpc) is 3.34. The van der Waals surface area contributed by atoms with Crippen molar-refractivity contribution in [1.29, 1.82) is 0 Å². The smallest absolute Gasteiger partial charge is 0.410 e. The number of nitrogens with zero attached hydrogens (tertiary/aromatic N) is 6. The molecule has 0 unspecified atom stereocenters. The van der Waals surface area contributed by atoms with E-state index in [1.54, 1.807) is 17.3 Å².